The predicted molar refractivity (Wildman–Crippen MR) is 145 cm³/mol. The van der Waals surface area contributed by atoms with E-state index in [0.717, 1.165) is 64.2 Å². The van der Waals surface area contributed by atoms with E-state index >= 15 is 0 Å². The van der Waals surface area contributed by atoms with E-state index in [1.165, 1.54) is 14.0 Å². The van der Waals surface area contributed by atoms with Crippen molar-refractivity contribution in [3.63, 3.8) is 0 Å². The highest BCUT2D eigenvalue weighted by Crippen LogP contribution is 2.12. The van der Waals surface area contributed by atoms with Gasteiger partial charge in [-0.1, -0.05) is 57.6 Å². The molecule has 2 N–H and O–H groups in total. The van der Waals surface area contributed by atoms with Crippen LogP contribution in [0.4, 0.5) is 0 Å². The third-order valence-electron chi connectivity index (χ3n) is 6.03. The van der Waals surface area contributed by atoms with Crippen molar-refractivity contribution < 1.29 is 33.4 Å². The van der Waals surface area contributed by atoms with Gasteiger partial charge in [0.25, 0.3) is 5.91 Å². The fraction of sp³-hybridized carbons (Fsp3) is 0.786. The van der Waals surface area contributed by atoms with E-state index in [9.17, 15) is 19.5 Å². The van der Waals surface area contributed by atoms with E-state index < -0.39 is 6.10 Å². The second-order valence-electron chi connectivity index (χ2n) is 9.98. The van der Waals surface area contributed by atoms with Gasteiger partial charge in [-0.05, 0) is 32.1 Å². The van der Waals surface area contributed by atoms with Crippen molar-refractivity contribution in [2.45, 2.75) is 103 Å². The van der Waals surface area contributed by atoms with Gasteiger partial charge in [-0.25, -0.2) is 0 Å². The Morgan fingerprint density at radius 2 is 1.67 bits per heavy atom. The van der Waals surface area contributed by atoms with Gasteiger partial charge in [0.2, 0.25) is 0 Å². The highest BCUT2D eigenvalue weighted by atomic mass is 16.5. The number of esters is 2. The van der Waals surface area contributed by atoms with Crippen LogP contribution >= 0.6 is 0 Å². The Bertz CT molecular complexity index is 621. The highest BCUT2D eigenvalue weighted by molar-refractivity contribution is 5.77. The smallest absolute Gasteiger partial charge is 0.305 e. The summed E-state index contributed by atoms with van der Waals surface area (Å²) in [5.41, 5.74) is 0. The fourth-order valence-corrected chi connectivity index (χ4v) is 3.81. The van der Waals surface area contributed by atoms with E-state index in [2.05, 4.69) is 23.1 Å². The molecule has 0 radical (unpaired) electrons. The van der Waals surface area contributed by atoms with Crippen LogP contribution in [0.2, 0.25) is 0 Å². The van der Waals surface area contributed by atoms with E-state index in [0.29, 0.717) is 23.9 Å². The maximum absolute atomic E-state index is 12.7. The van der Waals surface area contributed by atoms with Gasteiger partial charge in [-0.3, -0.25) is 14.4 Å². The number of likely N-dealkylation sites (N-methyl/N-ethyl adjacent to an activating group) is 1. The van der Waals surface area contributed by atoms with Crippen LogP contribution < -0.4 is 5.32 Å². The molecule has 0 heterocycles. The van der Waals surface area contributed by atoms with E-state index in [1.807, 2.05) is 20.2 Å². The molecule has 36 heavy (non-hydrogen) atoms. The highest BCUT2D eigenvalue weighted by Gasteiger charge is 2.25. The summed E-state index contributed by atoms with van der Waals surface area (Å²) < 4.78 is 10.0. The number of aliphatic hydroxyl groups excluding tert-OH is 1. The summed E-state index contributed by atoms with van der Waals surface area (Å²) in [4.78, 5) is 34.7. The van der Waals surface area contributed by atoms with E-state index in [-0.39, 0.29) is 44.5 Å². The molecule has 0 aliphatic rings. The van der Waals surface area contributed by atoms with Crippen LogP contribution in [0.1, 0.15) is 90.9 Å². The normalized spacial score (nSPS) is 13.1. The molecule has 1 amide bonds. The molecule has 0 rings (SSSR count). The molecule has 0 aliphatic heterocycles. The Kier molecular flexibility index (Phi) is 22.4. The standard InChI is InChI=1S/C27H50N2O6.CH3/c1-6-7-14-17-24(28-26(32)22-29(3,4)20-21-35-23(2)30)25(31)18-15-12-10-8-9-11-13-16-19-27(33)34-5;/h12,15,24-25,31H,6-11,13-14,16-22H2,1-5H3;1H3/q;-1/p+1. The van der Waals surface area contributed by atoms with Gasteiger partial charge in [0.05, 0.1) is 33.4 Å². The molecule has 0 spiro atoms. The fourth-order valence-electron chi connectivity index (χ4n) is 3.81. The minimum atomic E-state index is -0.623. The van der Waals surface area contributed by atoms with Crippen molar-refractivity contribution in [3.8, 4) is 0 Å². The Morgan fingerprint density at radius 3 is 2.31 bits per heavy atom. The number of nitrogens with one attached hydrogen (secondary N) is 1. The lowest BCUT2D eigenvalue weighted by molar-refractivity contribution is -0.882. The van der Waals surface area contributed by atoms with Gasteiger partial charge in [-0.2, -0.15) is 0 Å². The molecular weight excluding hydrogens is 460 g/mol. The quantitative estimate of drug-likeness (QED) is 0.0776. The number of hydrogen-bond donors (Lipinski definition) is 2. The summed E-state index contributed by atoms with van der Waals surface area (Å²) in [6.45, 7) is 4.59. The molecule has 0 aromatic heterocycles. The number of unbranched alkanes of at least 4 members (excludes halogenated alkanes) is 7. The summed E-state index contributed by atoms with van der Waals surface area (Å²) >= 11 is 0. The van der Waals surface area contributed by atoms with Gasteiger partial charge in [0.1, 0.15) is 13.2 Å². The van der Waals surface area contributed by atoms with Crippen molar-refractivity contribution in [1.82, 2.24) is 5.32 Å². The average Bonchev–Trinajstić information content (AvgIpc) is 2.78. The Balaban J connectivity index is 0. The maximum Gasteiger partial charge on any atom is 0.305 e. The second kappa shape index (κ2) is 22.3. The van der Waals surface area contributed by atoms with Crippen molar-refractivity contribution in [2.75, 3.05) is 40.9 Å². The largest absolute Gasteiger partial charge is 0.469 e. The lowest BCUT2D eigenvalue weighted by atomic mass is 10.00. The zero-order valence-corrected chi connectivity index (χ0v) is 23.9. The summed E-state index contributed by atoms with van der Waals surface area (Å²) in [5, 5.41) is 13.8. The number of aliphatic hydroxyl groups is 1. The number of carbonyl (C=O) groups is 3. The first-order valence-corrected chi connectivity index (χ1v) is 13.3. The SMILES string of the molecule is CCCCCC(NC(=O)C[N+](C)(C)CCOC(C)=O)C(O)CC=CCCCCCCCC(=O)OC.[CH3-]. The number of carbonyl (C=O) groups excluding carboxylic acids is 3. The van der Waals surface area contributed by atoms with Gasteiger partial charge in [-0.15, -0.1) is 0 Å². The molecule has 0 saturated heterocycles. The number of ether oxygens (including phenoxy) is 2. The van der Waals surface area contributed by atoms with Gasteiger partial charge in [0, 0.05) is 13.3 Å². The molecule has 0 fully saturated rings. The first-order valence-electron chi connectivity index (χ1n) is 13.3. The molecule has 8 nitrogen and oxygen atoms in total. The van der Waals surface area contributed by atoms with Gasteiger partial charge >= 0.3 is 11.9 Å². The lowest BCUT2D eigenvalue weighted by Crippen LogP contribution is -2.52. The second-order valence-corrected chi connectivity index (χ2v) is 9.98. The van der Waals surface area contributed by atoms with Crippen LogP contribution in [0.25, 0.3) is 0 Å². The monoisotopic (exact) mass is 514 g/mol. The molecule has 8 heteroatoms. The first-order chi connectivity index (χ1) is 16.6. The third kappa shape index (κ3) is 21.4. The topological polar surface area (TPSA) is 102 Å². The third-order valence-corrected chi connectivity index (χ3v) is 6.03. The van der Waals surface area contributed by atoms with Crippen LogP contribution in [-0.2, 0) is 23.9 Å². The molecular formula is C28H54N2O6. The summed E-state index contributed by atoms with van der Waals surface area (Å²) in [5.74, 6) is -0.565. The zero-order valence-electron chi connectivity index (χ0n) is 23.9. The molecule has 212 valence electrons. The van der Waals surface area contributed by atoms with E-state index in [4.69, 9.17) is 4.74 Å². The molecule has 0 saturated carbocycles. The number of quaternary nitrogens is 1. The number of nitrogens with zero attached hydrogens (tertiary/aromatic N) is 1. The summed E-state index contributed by atoms with van der Waals surface area (Å²) in [7, 11) is 5.27. The minimum absolute atomic E-state index is 0. The average molecular weight is 515 g/mol. The van der Waals surface area contributed by atoms with Crippen LogP contribution in [0, 0.1) is 7.43 Å². The van der Waals surface area contributed by atoms with Crippen molar-refractivity contribution in [2.24, 2.45) is 0 Å². The number of allylic oxidation sites excluding steroid dienone is 1. The molecule has 0 aromatic rings. The van der Waals surface area contributed by atoms with Gasteiger partial charge < -0.3 is 31.8 Å². The summed E-state index contributed by atoms with van der Waals surface area (Å²) in [6.07, 6.45) is 14.6. The Hall–Kier alpha value is -1.93. The number of amides is 1. The predicted octanol–water partition coefficient (Wildman–Crippen LogP) is 4.35. The van der Waals surface area contributed by atoms with Crippen molar-refractivity contribution in [3.05, 3.63) is 19.6 Å². The summed E-state index contributed by atoms with van der Waals surface area (Å²) in [6, 6.07) is -0.276. The van der Waals surface area contributed by atoms with E-state index in [1.54, 1.807) is 0 Å². The lowest BCUT2D eigenvalue weighted by Gasteiger charge is -2.30. The Labute approximate surface area is 220 Å². The molecule has 2 unspecified atom stereocenters. The number of hydrogen-bond acceptors (Lipinski definition) is 6. The first kappa shape index (κ1) is 36.2. The van der Waals surface area contributed by atoms with Gasteiger partial charge in [0.15, 0.2) is 6.54 Å². The van der Waals surface area contributed by atoms with Crippen molar-refractivity contribution >= 4 is 17.8 Å². The van der Waals surface area contributed by atoms with Crippen LogP contribution in [0.3, 0.4) is 0 Å². The molecule has 2 atom stereocenters. The van der Waals surface area contributed by atoms with Crippen molar-refractivity contribution in [1.29, 1.82) is 0 Å². The molecule has 0 aromatic carbocycles. The minimum Gasteiger partial charge on any atom is -0.469 e. The van der Waals surface area contributed by atoms with Crippen LogP contribution in [0.5, 0.6) is 0 Å². The van der Waals surface area contributed by atoms with Crippen LogP contribution in [-0.4, -0.2) is 80.5 Å². The van der Waals surface area contributed by atoms with Crippen LogP contribution in [0.15, 0.2) is 12.2 Å². The Morgan fingerprint density at radius 1 is 1.00 bits per heavy atom. The zero-order chi connectivity index (χ0) is 26.5. The number of rotatable bonds is 21. The number of methoxy groups -OCH3 is 1. The molecule has 0 bridgehead atoms. The molecule has 0 aliphatic carbocycles. The maximum atomic E-state index is 12.7.